The summed E-state index contributed by atoms with van der Waals surface area (Å²) in [5, 5.41) is 2.92. The lowest BCUT2D eigenvalue weighted by Crippen LogP contribution is -2.69. The predicted octanol–water partition coefficient (Wildman–Crippen LogP) is 3.82. The number of hydrogen-bond acceptors (Lipinski definition) is 5. The molecular formula is C27H25N3O5. The fourth-order valence-corrected chi connectivity index (χ4v) is 4.88. The molecule has 0 aromatic heterocycles. The summed E-state index contributed by atoms with van der Waals surface area (Å²) in [6.45, 7) is 0.173. The maximum absolute atomic E-state index is 14.1. The van der Waals surface area contributed by atoms with Gasteiger partial charge in [0.2, 0.25) is 11.6 Å². The summed E-state index contributed by atoms with van der Waals surface area (Å²) in [6.07, 6.45) is 0.313. The highest BCUT2D eigenvalue weighted by atomic mass is 16.5. The molecule has 2 aliphatic rings. The Morgan fingerprint density at radius 3 is 2.29 bits per heavy atom. The molecule has 1 N–H and O–H groups in total. The maximum atomic E-state index is 14.1. The number of methoxy groups -OCH3 is 2. The lowest BCUT2D eigenvalue weighted by molar-refractivity contribution is -0.129. The topological polar surface area (TPSA) is 88.2 Å². The number of amides is 3. The van der Waals surface area contributed by atoms with Crippen LogP contribution in [-0.2, 0) is 16.1 Å². The molecule has 3 amide bonds. The van der Waals surface area contributed by atoms with Crippen LogP contribution >= 0.6 is 0 Å². The molecule has 2 heterocycles. The van der Waals surface area contributed by atoms with E-state index in [1.54, 1.807) is 42.5 Å². The van der Waals surface area contributed by atoms with E-state index in [0.717, 1.165) is 5.56 Å². The number of nitrogens with zero attached hydrogens (tertiary/aromatic N) is 2. The summed E-state index contributed by atoms with van der Waals surface area (Å²) in [7, 11) is 3.05. The van der Waals surface area contributed by atoms with Gasteiger partial charge >= 0.3 is 0 Å². The van der Waals surface area contributed by atoms with Crippen LogP contribution in [0.15, 0.2) is 72.8 Å². The number of benzene rings is 3. The third-order valence-electron chi connectivity index (χ3n) is 6.53. The molecule has 1 saturated heterocycles. The lowest BCUT2D eigenvalue weighted by atomic mass is 9.94. The molecule has 0 radical (unpaired) electrons. The zero-order valence-corrected chi connectivity index (χ0v) is 19.5. The minimum atomic E-state index is -1.52. The summed E-state index contributed by atoms with van der Waals surface area (Å²) in [5.41, 5.74) is 0.614. The second-order valence-electron chi connectivity index (χ2n) is 8.50. The average Bonchev–Trinajstić information content (AvgIpc) is 3.25. The van der Waals surface area contributed by atoms with Gasteiger partial charge in [-0.25, -0.2) is 0 Å². The van der Waals surface area contributed by atoms with Gasteiger partial charge in [0.1, 0.15) is 11.5 Å². The average molecular weight is 472 g/mol. The second-order valence-corrected chi connectivity index (χ2v) is 8.50. The predicted molar refractivity (Wildman–Crippen MR) is 130 cm³/mol. The molecule has 0 aliphatic carbocycles. The van der Waals surface area contributed by atoms with E-state index in [2.05, 4.69) is 5.32 Å². The second kappa shape index (κ2) is 8.79. The largest absolute Gasteiger partial charge is 0.497 e. The van der Waals surface area contributed by atoms with E-state index in [1.165, 1.54) is 24.0 Å². The van der Waals surface area contributed by atoms with E-state index in [4.69, 9.17) is 9.47 Å². The van der Waals surface area contributed by atoms with E-state index in [1.807, 2.05) is 30.3 Å². The van der Waals surface area contributed by atoms with E-state index in [9.17, 15) is 14.4 Å². The standard InChI is InChI=1S/C27H25N3O5/c1-34-20-14-19(15-21(16-20)35-2)28-26(33)27-13-12-24(31)30(27)23-11-7-6-10-22(23)25(32)29(27)17-18-8-4-3-5-9-18/h3-11,14-16H,12-13,17H2,1-2H3,(H,28,33). The normalized spacial score (nSPS) is 18.7. The SMILES string of the molecule is COc1cc(NC(=O)C23CCC(=O)N2c2ccccc2C(=O)N3Cc2ccccc2)cc(OC)c1. The van der Waals surface area contributed by atoms with E-state index in [0.29, 0.717) is 28.4 Å². The third-order valence-corrected chi connectivity index (χ3v) is 6.53. The van der Waals surface area contributed by atoms with Crippen molar-refractivity contribution in [2.24, 2.45) is 0 Å². The van der Waals surface area contributed by atoms with Crippen molar-refractivity contribution in [2.75, 3.05) is 24.4 Å². The van der Waals surface area contributed by atoms with Gasteiger partial charge in [0.15, 0.2) is 0 Å². The van der Waals surface area contributed by atoms with Gasteiger partial charge in [-0.15, -0.1) is 0 Å². The Kier molecular flexibility index (Phi) is 5.64. The highest BCUT2D eigenvalue weighted by Gasteiger charge is 2.60. The molecule has 0 spiro atoms. The number of para-hydroxylation sites is 1. The fourth-order valence-electron chi connectivity index (χ4n) is 4.88. The van der Waals surface area contributed by atoms with Gasteiger partial charge in [0.05, 0.1) is 25.5 Å². The molecule has 5 rings (SSSR count). The summed E-state index contributed by atoms with van der Waals surface area (Å²) in [4.78, 5) is 44.1. The van der Waals surface area contributed by atoms with Crippen LogP contribution in [0, 0.1) is 0 Å². The molecule has 1 atom stereocenters. The van der Waals surface area contributed by atoms with Crippen LogP contribution < -0.4 is 19.7 Å². The van der Waals surface area contributed by atoms with E-state index >= 15 is 0 Å². The van der Waals surface area contributed by atoms with Gasteiger partial charge in [0, 0.05) is 43.3 Å². The number of fused-ring (bicyclic) bond motifs is 3. The molecular weight excluding hydrogens is 446 g/mol. The molecule has 8 heteroatoms. The van der Waals surface area contributed by atoms with Crippen molar-refractivity contribution in [1.29, 1.82) is 0 Å². The van der Waals surface area contributed by atoms with E-state index in [-0.39, 0.29) is 31.2 Å². The first-order valence-electron chi connectivity index (χ1n) is 11.3. The molecule has 35 heavy (non-hydrogen) atoms. The Labute approximate surface area is 203 Å². The number of hydrogen-bond donors (Lipinski definition) is 1. The van der Waals surface area contributed by atoms with Crippen LogP contribution in [0.25, 0.3) is 0 Å². The zero-order valence-electron chi connectivity index (χ0n) is 19.5. The molecule has 0 saturated carbocycles. The van der Waals surface area contributed by atoms with Gasteiger partial charge in [0.25, 0.3) is 11.8 Å². The van der Waals surface area contributed by atoms with Crippen LogP contribution in [0.4, 0.5) is 11.4 Å². The maximum Gasteiger partial charge on any atom is 0.271 e. The summed E-state index contributed by atoms with van der Waals surface area (Å²) >= 11 is 0. The summed E-state index contributed by atoms with van der Waals surface area (Å²) in [5.74, 6) is 0.0259. The number of ether oxygens (including phenoxy) is 2. The van der Waals surface area contributed by atoms with Crippen molar-refractivity contribution in [3.8, 4) is 11.5 Å². The molecule has 1 unspecified atom stereocenters. The number of anilines is 2. The van der Waals surface area contributed by atoms with Crippen molar-refractivity contribution in [3.05, 3.63) is 83.9 Å². The van der Waals surface area contributed by atoms with Gasteiger partial charge in [-0.2, -0.15) is 0 Å². The summed E-state index contributed by atoms with van der Waals surface area (Å²) in [6, 6.07) is 21.4. The van der Waals surface area contributed by atoms with Crippen molar-refractivity contribution in [3.63, 3.8) is 0 Å². The van der Waals surface area contributed by atoms with Crippen LogP contribution in [0.1, 0.15) is 28.8 Å². The highest BCUT2D eigenvalue weighted by Crippen LogP contribution is 2.45. The van der Waals surface area contributed by atoms with Crippen molar-refractivity contribution in [1.82, 2.24) is 4.90 Å². The smallest absolute Gasteiger partial charge is 0.271 e. The van der Waals surface area contributed by atoms with Crippen molar-refractivity contribution >= 4 is 29.1 Å². The molecule has 178 valence electrons. The van der Waals surface area contributed by atoms with Crippen LogP contribution in [0.5, 0.6) is 11.5 Å². The van der Waals surface area contributed by atoms with E-state index < -0.39 is 11.6 Å². The molecule has 1 fully saturated rings. The monoisotopic (exact) mass is 471 g/mol. The van der Waals surface area contributed by atoms with Crippen LogP contribution in [0.2, 0.25) is 0 Å². The molecule has 2 aliphatic heterocycles. The first-order valence-corrected chi connectivity index (χ1v) is 11.3. The van der Waals surface area contributed by atoms with Gasteiger partial charge < -0.3 is 19.7 Å². The third kappa shape index (κ3) is 3.67. The number of nitrogens with one attached hydrogen (secondary N) is 1. The summed E-state index contributed by atoms with van der Waals surface area (Å²) < 4.78 is 10.7. The Bertz CT molecular complexity index is 1290. The van der Waals surface area contributed by atoms with Crippen molar-refractivity contribution in [2.45, 2.75) is 25.0 Å². The fraction of sp³-hybridized carbons (Fsp3) is 0.222. The van der Waals surface area contributed by atoms with Crippen LogP contribution in [-0.4, -0.2) is 42.5 Å². The first-order chi connectivity index (χ1) is 17.0. The van der Waals surface area contributed by atoms with Gasteiger partial charge in [-0.1, -0.05) is 42.5 Å². The lowest BCUT2D eigenvalue weighted by Gasteiger charge is -2.49. The Balaban J connectivity index is 1.63. The quantitative estimate of drug-likeness (QED) is 0.591. The molecule has 3 aromatic carbocycles. The zero-order chi connectivity index (χ0) is 24.6. The molecule has 0 bridgehead atoms. The number of carbonyl (C=O) groups is 3. The molecule has 8 nitrogen and oxygen atoms in total. The van der Waals surface area contributed by atoms with Gasteiger partial charge in [-0.05, 0) is 17.7 Å². The van der Waals surface area contributed by atoms with Crippen LogP contribution in [0.3, 0.4) is 0 Å². The minimum Gasteiger partial charge on any atom is -0.497 e. The highest BCUT2D eigenvalue weighted by molar-refractivity contribution is 6.18. The minimum absolute atomic E-state index is 0.141. The number of carbonyl (C=O) groups excluding carboxylic acids is 3. The Morgan fingerprint density at radius 1 is 0.943 bits per heavy atom. The Morgan fingerprint density at radius 2 is 1.60 bits per heavy atom. The van der Waals surface area contributed by atoms with Crippen molar-refractivity contribution < 1.29 is 23.9 Å². The Hall–Kier alpha value is -4.33. The molecule has 3 aromatic rings. The number of rotatable bonds is 6. The first kappa shape index (κ1) is 22.5. The van der Waals surface area contributed by atoms with Gasteiger partial charge in [-0.3, -0.25) is 19.3 Å².